The Kier molecular flexibility index (Phi) is 5.58. The molecule has 0 atom stereocenters. The highest BCUT2D eigenvalue weighted by Crippen LogP contribution is 2.21. The molecule has 8 heteroatoms. The molecule has 2 bridgehead atoms. The molecule has 110 valence electrons. The Morgan fingerprint density at radius 1 is 1.16 bits per heavy atom. The molecule has 0 aromatic heterocycles. The average molecular weight is 291 g/mol. The van der Waals surface area contributed by atoms with E-state index in [-0.39, 0.29) is 0 Å². The topological polar surface area (TPSA) is 66.5 Å². The van der Waals surface area contributed by atoms with E-state index in [1.54, 1.807) is 0 Å². The first-order chi connectivity index (χ1) is 9.24. The maximum Gasteiger partial charge on any atom is 0.507 e. The number of ether oxygens (including phenoxy) is 2. The van der Waals surface area contributed by atoms with Crippen molar-refractivity contribution in [2.75, 3.05) is 53.2 Å². The summed E-state index contributed by atoms with van der Waals surface area (Å²) >= 11 is 0. The smallest absolute Gasteiger partial charge is 0.438 e. The van der Waals surface area contributed by atoms with Gasteiger partial charge in [-0.05, 0) is 6.42 Å². The second-order valence-electron chi connectivity index (χ2n) is 4.48. The number of carbonyl (C=O) groups excluding carboxylic acids is 1. The fourth-order valence-corrected chi connectivity index (χ4v) is 4.64. The molecule has 0 aliphatic carbocycles. The van der Waals surface area contributed by atoms with Crippen molar-refractivity contribution >= 4 is 15.0 Å². The second kappa shape index (κ2) is 7.20. The lowest BCUT2D eigenvalue weighted by atomic mass is 10.4. The molecule has 3 aliphatic heterocycles. The minimum atomic E-state index is -2.57. The third-order valence-corrected chi connectivity index (χ3v) is 6.10. The summed E-state index contributed by atoms with van der Waals surface area (Å²) in [6.07, 6.45) is -0.00158. The Bertz CT molecular complexity index is 276. The fourth-order valence-electron chi connectivity index (χ4n) is 2.17. The van der Waals surface area contributed by atoms with Crippen LogP contribution in [0.1, 0.15) is 6.42 Å². The van der Waals surface area contributed by atoms with Crippen molar-refractivity contribution in [2.24, 2.45) is 0 Å². The molecule has 0 aromatic rings. The molecule has 0 amide bonds. The van der Waals surface area contributed by atoms with Gasteiger partial charge < -0.3 is 22.8 Å². The molecular formula is C11H21NO6Si. The predicted octanol–water partition coefficient (Wildman–Crippen LogP) is 0.477. The van der Waals surface area contributed by atoms with Crippen molar-refractivity contribution in [1.29, 1.82) is 0 Å². The third-order valence-electron chi connectivity index (χ3n) is 3.20. The van der Waals surface area contributed by atoms with Gasteiger partial charge in [0.2, 0.25) is 0 Å². The normalized spacial score (nSPS) is 31.1. The Labute approximate surface area is 114 Å². The first kappa shape index (κ1) is 14.7. The van der Waals surface area contributed by atoms with Gasteiger partial charge in [0, 0.05) is 25.7 Å². The molecule has 3 heterocycles. The quantitative estimate of drug-likeness (QED) is 0.424. The van der Waals surface area contributed by atoms with Gasteiger partial charge in [0.15, 0.2) is 0 Å². The van der Waals surface area contributed by atoms with Crippen LogP contribution in [0.25, 0.3) is 0 Å². The van der Waals surface area contributed by atoms with Crippen LogP contribution < -0.4 is 0 Å². The zero-order valence-electron chi connectivity index (χ0n) is 11.3. The van der Waals surface area contributed by atoms with Crippen molar-refractivity contribution in [1.82, 2.24) is 4.90 Å². The van der Waals surface area contributed by atoms with E-state index in [0.29, 0.717) is 38.9 Å². The highest BCUT2D eigenvalue weighted by molar-refractivity contribution is 6.60. The van der Waals surface area contributed by atoms with Gasteiger partial charge in [-0.3, -0.25) is 4.90 Å². The minimum Gasteiger partial charge on any atom is -0.438 e. The van der Waals surface area contributed by atoms with Crippen LogP contribution in [-0.2, 0) is 22.8 Å². The molecule has 0 radical (unpaired) electrons. The summed E-state index contributed by atoms with van der Waals surface area (Å²) < 4.78 is 26.8. The maximum absolute atomic E-state index is 10.8. The minimum absolute atomic E-state index is 0.295. The van der Waals surface area contributed by atoms with Gasteiger partial charge >= 0.3 is 15.0 Å². The lowest BCUT2D eigenvalue weighted by Crippen LogP contribution is -2.55. The van der Waals surface area contributed by atoms with Gasteiger partial charge in [-0.25, -0.2) is 4.79 Å². The number of nitrogens with zero attached hydrogens (tertiary/aromatic N) is 1. The second-order valence-corrected chi connectivity index (χ2v) is 7.21. The third kappa shape index (κ3) is 4.43. The van der Waals surface area contributed by atoms with Crippen molar-refractivity contribution in [3.05, 3.63) is 0 Å². The van der Waals surface area contributed by atoms with Gasteiger partial charge in [0.25, 0.3) is 0 Å². The number of fused-ring (bicyclic) bond motifs is 6. The molecule has 3 saturated heterocycles. The number of hydrogen-bond donors (Lipinski definition) is 0. The Balaban J connectivity index is 1.79. The molecule has 3 rings (SSSR count). The molecule has 0 saturated carbocycles. The molecule has 3 fully saturated rings. The molecule has 3 aliphatic rings. The first-order valence-corrected chi connectivity index (χ1v) is 8.52. The number of rotatable bonds is 4. The van der Waals surface area contributed by atoms with Crippen molar-refractivity contribution < 1.29 is 27.5 Å². The average Bonchev–Trinajstić information content (AvgIpc) is 2.34. The Morgan fingerprint density at radius 3 is 2.26 bits per heavy atom. The van der Waals surface area contributed by atoms with Crippen LogP contribution in [0.4, 0.5) is 4.79 Å². The van der Waals surface area contributed by atoms with Crippen LogP contribution in [0.5, 0.6) is 0 Å². The van der Waals surface area contributed by atoms with Crippen molar-refractivity contribution in [3.8, 4) is 0 Å². The van der Waals surface area contributed by atoms with E-state index in [4.69, 9.17) is 18.0 Å². The predicted molar refractivity (Wildman–Crippen MR) is 67.8 cm³/mol. The van der Waals surface area contributed by atoms with Gasteiger partial charge in [-0.15, -0.1) is 0 Å². The van der Waals surface area contributed by atoms with Gasteiger partial charge in [0.05, 0.1) is 33.5 Å². The van der Waals surface area contributed by atoms with Crippen LogP contribution in [-0.4, -0.2) is 73.0 Å². The molecule has 19 heavy (non-hydrogen) atoms. The van der Waals surface area contributed by atoms with E-state index in [1.165, 1.54) is 7.11 Å². The van der Waals surface area contributed by atoms with Crippen molar-refractivity contribution in [2.45, 2.75) is 12.5 Å². The summed E-state index contributed by atoms with van der Waals surface area (Å²) in [5.41, 5.74) is 0. The summed E-state index contributed by atoms with van der Waals surface area (Å²) in [5.74, 6) is 0. The molecule has 0 aromatic carbocycles. The fraction of sp³-hybridized carbons (Fsp3) is 0.909. The molecule has 0 unspecified atom stereocenters. The number of carbonyl (C=O) groups is 1. The highest BCUT2D eigenvalue weighted by atomic mass is 28.4. The van der Waals surface area contributed by atoms with Gasteiger partial charge in [-0.2, -0.15) is 0 Å². The largest absolute Gasteiger partial charge is 0.507 e. The van der Waals surface area contributed by atoms with Gasteiger partial charge in [0.1, 0.15) is 0 Å². The van der Waals surface area contributed by atoms with E-state index in [9.17, 15) is 4.79 Å². The highest BCUT2D eigenvalue weighted by Gasteiger charge is 2.43. The molecule has 0 spiro atoms. The number of methoxy groups -OCH3 is 1. The van der Waals surface area contributed by atoms with E-state index in [2.05, 4.69) is 9.64 Å². The van der Waals surface area contributed by atoms with Crippen LogP contribution in [0, 0.1) is 0 Å². The van der Waals surface area contributed by atoms with Crippen LogP contribution in [0.15, 0.2) is 0 Å². The monoisotopic (exact) mass is 291 g/mol. The van der Waals surface area contributed by atoms with Crippen molar-refractivity contribution in [3.63, 3.8) is 0 Å². The summed E-state index contributed by atoms with van der Waals surface area (Å²) in [6, 6.07) is 0.671. The van der Waals surface area contributed by atoms with E-state index in [0.717, 1.165) is 19.6 Å². The summed E-state index contributed by atoms with van der Waals surface area (Å²) in [6.45, 7) is 5.02. The number of hydrogen-bond acceptors (Lipinski definition) is 7. The lowest BCUT2D eigenvalue weighted by Gasteiger charge is -2.38. The molecule has 7 nitrogen and oxygen atoms in total. The van der Waals surface area contributed by atoms with E-state index >= 15 is 0 Å². The molecular weight excluding hydrogens is 270 g/mol. The SMILES string of the molecule is COC(=O)OCCC[Si]12OCCN(CCO1)CCO2. The summed E-state index contributed by atoms with van der Waals surface area (Å²) in [7, 11) is -1.28. The standard InChI is InChI=1S/C11H21NO6Si/c1-14-11(13)15-6-2-10-19-16-7-3-12(4-8-17-19)5-9-18-19/h2-10H2,1H3. The zero-order chi connectivity index (χ0) is 13.6. The summed E-state index contributed by atoms with van der Waals surface area (Å²) in [4.78, 5) is 13.1. The Hall–Kier alpha value is -0.673. The lowest BCUT2D eigenvalue weighted by molar-refractivity contribution is -0.00972. The summed E-state index contributed by atoms with van der Waals surface area (Å²) in [5, 5.41) is 0. The van der Waals surface area contributed by atoms with E-state index in [1.807, 2.05) is 0 Å². The zero-order valence-corrected chi connectivity index (χ0v) is 12.3. The van der Waals surface area contributed by atoms with Crippen LogP contribution >= 0.6 is 0 Å². The first-order valence-electron chi connectivity index (χ1n) is 6.59. The van der Waals surface area contributed by atoms with Gasteiger partial charge in [-0.1, -0.05) is 0 Å². The molecule has 0 N–H and O–H groups in total. The maximum atomic E-state index is 10.8. The van der Waals surface area contributed by atoms with E-state index < -0.39 is 15.0 Å². The van der Waals surface area contributed by atoms with Crippen LogP contribution in [0.3, 0.4) is 0 Å². The Morgan fingerprint density at radius 2 is 1.74 bits per heavy atom. The van der Waals surface area contributed by atoms with Crippen LogP contribution in [0.2, 0.25) is 6.04 Å².